The summed E-state index contributed by atoms with van der Waals surface area (Å²) in [5, 5.41) is 5.35. The SMILES string of the molecule is COc1ccccc1OCc1nc(C(=O)NCC2CCCO2)cs1. The molecule has 2 aromatic rings. The average molecular weight is 348 g/mol. The van der Waals surface area contributed by atoms with Crippen LogP contribution in [0.3, 0.4) is 0 Å². The minimum absolute atomic E-state index is 0.126. The van der Waals surface area contributed by atoms with Gasteiger partial charge in [0.1, 0.15) is 17.3 Å². The van der Waals surface area contributed by atoms with Crippen molar-refractivity contribution < 1.29 is 19.0 Å². The third-order valence-electron chi connectivity index (χ3n) is 3.72. The number of amides is 1. The highest BCUT2D eigenvalue weighted by Crippen LogP contribution is 2.27. The van der Waals surface area contributed by atoms with Gasteiger partial charge in [0.25, 0.3) is 5.91 Å². The van der Waals surface area contributed by atoms with Crippen molar-refractivity contribution in [3.05, 3.63) is 40.3 Å². The van der Waals surface area contributed by atoms with Gasteiger partial charge >= 0.3 is 0 Å². The zero-order chi connectivity index (χ0) is 16.8. The lowest BCUT2D eigenvalue weighted by atomic mass is 10.2. The van der Waals surface area contributed by atoms with Gasteiger partial charge < -0.3 is 19.5 Å². The molecule has 0 saturated carbocycles. The molecule has 3 rings (SSSR count). The van der Waals surface area contributed by atoms with Crippen LogP contribution in [0.5, 0.6) is 11.5 Å². The predicted octanol–water partition coefficient (Wildman–Crippen LogP) is 2.64. The van der Waals surface area contributed by atoms with E-state index in [0.29, 0.717) is 30.3 Å². The number of nitrogens with one attached hydrogen (secondary N) is 1. The first-order chi connectivity index (χ1) is 11.8. The predicted molar refractivity (Wildman–Crippen MR) is 90.7 cm³/mol. The highest BCUT2D eigenvalue weighted by atomic mass is 32.1. The van der Waals surface area contributed by atoms with Crippen molar-refractivity contribution in [2.24, 2.45) is 0 Å². The molecule has 1 aromatic carbocycles. The van der Waals surface area contributed by atoms with E-state index in [-0.39, 0.29) is 12.0 Å². The molecule has 1 atom stereocenters. The minimum Gasteiger partial charge on any atom is -0.493 e. The Kier molecular flexibility index (Phi) is 5.66. The summed E-state index contributed by atoms with van der Waals surface area (Å²) in [6.45, 7) is 1.61. The smallest absolute Gasteiger partial charge is 0.270 e. The van der Waals surface area contributed by atoms with Crippen molar-refractivity contribution >= 4 is 17.2 Å². The first-order valence-electron chi connectivity index (χ1n) is 7.86. The van der Waals surface area contributed by atoms with Gasteiger partial charge in [-0.05, 0) is 25.0 Å². The molecule has 1 aliphatic heterocycles. The Hall–Kier alpha value is -2.12. The molecule has 1 fully saturated rings. The van der Waals surface area contributed by atoms with E-state index >= 15 is 0 Å². The van der Waals surface area contributed by atoms with E-state index in [1.165, 1.54) is 11.3 Å². The summed E-state index contributed by atoms with van der Waals surface area (Å²) < 4.78 is 16.4. The highest BCUT2D eigenvalue weighted by molar-refractivity contribution is 7.09. The molecule has 1 aromatic heterocycles. The molecule has 1 saturated heterocycles. The Morgan fingerprint density at radius 2 is 2.25 bits per heavy atom. The Bertz CT molecular complexity index is 683. The van der Waals surface area contributed by atoms with Crippen LogP contribution in [-0.2, 0) is 11.3 Å². The molecule has 2 heterocycles. The number of carbonyl (C=O) groups is 1. The number of hydrogen-bond acceptors (Lipinski definition) is 6. The van der Waals surface area contributed by atoms with Crippen LogP contribution in [0.15, 0.2) is 29.6 Å². The second kappa shape index (κ2) is 8.12. The second-order valence-corrected chi connectivity index (χ2v) is 6.35. The third kappa shape index (κ3) is 4.24. The molecule has 1 amide bonds. The lowest BCUT2D eigenvalue weighted by Crippen LogP contribution is -2.31. The number of benzene rings is 1. The third-order valence-corrected chi connectivity index (χ3v) is 4.54. The van der Waals surface area contributed by atoms with Crippen LogP contribution in [-0.4, -0.2) is 37.3 Å². The number of rotatable bonds is 7. The topological polar surface area (TPSA) is 69.7 Å². The molecule has 0 bridgehead atoms. The molecule has 1 aliphatic rings. The number of ether oxygens (including phenoxy) is 3. The lowest BCUT2D eigenvalue weighted by Gasteiger charge is -2.09. The van der Waals surface area contributed by atoms with Crippen LogP contribution >= 0.6 is 11.3 Å². The summed E-state index contributed by atoms with van der Waals surface area (Å²) in [5.41, 5.74) is 0.414. The van der Waals surface area contributed by atoms with Crippen LogP contribution in [0.25, 0.3) is 0 Å². The Balaban J connectivity index is 1.52. The van der Waals surface area contributed by atoms with Crippen LogP contribution in [0.1, 0.15) is 28.3 Å². The Labute approximate surface area is 144 Å². The van der Waals surface area contributed by atoms with E-state index in [1.807, 2.05) is 24.3 Å². The van der Waals surface area contributed by atoms with Gasteiger partial charge in [-0.25, -0.2) is 4.98 Å². The van der Waals surface area contributed by atoms with Crippen molar-refractivity contribution in [2.75, 3.05) is 20.3 Å². The zero-order valence-electron chi connectivity index (χ0n) is 13.5. The molecule has 7 heteroatoms. The number of aromatic nitrogens is 1. The number of thiazole rings is 1. The number of para-hydroxylation sites is 2. The highest BCUT2D eigenvalue weighted by Gasteiger charge is 2.18. The molecule has 0 radical (unpaired) electrons. The maximum atomic E-state index is 12.1. The minimum atomic E-state index is -0.176. The monoisotopic (exact) mass is 348 g/mol. The van der Waals surface area contributed by atoms with Gasteiger partial charge in [-0.1, -0.05) is 12.1 Å². The van der Waals surface area contributed by atoms with E-state index in [0.717, 1.165) is 24.5 Å². The number of hydrogen-bond donors (Lipinski definition) is 1. The molecular formula is C17H20N2O4S. The summed E-state index contributed by atoms with van der Waals surface area (Å²) in [7, 11) is 1.60. The number of carbonyl (C=O) groups excluding carboxylic acids is 1. The quantitative estimate of drug-likeness (QED) is 0.833. The van der Waals surface area contributed by atoms with E-state index in [9.17, 15) is 4.79 Å². The largest absolute Gasteiger partial charge is 0.493 e. The summed E-state index contributed by atoms with van der Waals surface area (Å²) in [5.74, 6) is 1.15. The van der Waals surface area contributed by atoms with Crippen LogP contribution in [0.2, 0.25) is 0 Å². The van der Waals surface area contributed by atoms with E-state index < -0.39 is 0 Å². The van der Waals surface area contributed by atoms with E-state index in [4.69, 9.17) is 14.2 Å². The molecule has 128 valence electrons. The summed E-state index contributed by atoms with van der Waals surface area (Å²) >= 11 is 1.40. The van der Waals surface area contributed by atoms with Gasteiger partial charge in [0.05, 0.1) is 13.2 Å². The van der Waals surface area contributed by atoms with Gasteiger partial charge in [0, 0.05) is 18.5 Å². The van der Waals surface area contributed by atoms with Gasteiger partial charge in [-0.3, -0.25) is 4.79 Å². The molecule has 1 unspecified atom stereocenters. The van der Waals surface area contributed by atoms with E-state index in [1.54, 1.807) is 12.5 Å². The van der Waals surface area contributed by atoms with Gasteiger partial charge in [-0.15, -0.1) is 11.3 Å². The fourth-order valence-electron chi connectivity index (χ4n) is 2.46. The summed E-state index contributed by atoms with van der Waals surface area (Å²) in [4.78, 5) is 16.4. The van der Waals surface area contributed by atoms with Crippen molar-refractivity contribution in [1.82, 2.24) is 10.3 Å². The average Bonchev–Trinajstić information content (AvgIpc) is 3.30. The van der Waals surface area contributed by atoms with Gasteiger partial charge in [0.15, 0.2) is 11.5 Å². The number of nitrogens with zero attached hydrogens (tertiary/aromatic N) is 1. The molecule has 1 N–H and O–H groups in total. The maximum Gasteiger partial charge on any atom is 0.270 e. The number of methoxy groups -OCH3 is 1. The summed E-state index contributed by atoms with van der Waals surface area (Å²) in [6, 6.07) is 7.43. The lowest BCUT2D eigenvalue weighted by molar-refractivity contribution is 0.0854. The van der Waals surface area contributed by atoms with Crippen LogP contribution < -0.4 is 14.8 Å². The molecule has 6 nitrogen and oxygen atoms in total. The van der Waals surface area contributed by atoms with Gasteiger partial charge in [-0.2, -0.15) is 0 Å². The molecule has 0 aliphatic carbocycles. The van der Waals surface area contributed by atoms with Crippen LogP contribution in [0.4, 0.5) is 0 Å². The first kappa shape index (κ1) is 16.7. The van der Waals surface area contributed by atoms with Gasteiger partial charge in [0.2, 0.25) is 0 Å². The van der Waals surface area contributed by atoms with Crippen LogP contribution in [0, 0.1) is 0 Å². The standard InChI is InChI=1S/C17H20N2O4S/c1-21-14-6-2-3-7-15(14)23-10-16-19-13(11-24-16)17(20)18-9-12-5-4-8-22-12/h2-3,6-7,11-12H,4-5,8-10H2,1H3,(H,18,20). The molecular weight excluding hydrogens is 328 g/mol. The molecule has 0 spiro atoms. The fourth-order valence-corrected chi connectivity index (χ4v) is 3.15. The van der Waals surface area contributed by atoms with E-state index in [2.05, 4.69) is 10.3 Å². The van der Waals surface area contributed by atoms with Crippen molar-refractivity contribution in [3.8, 4) is 11.5 Å². The Morgan fingerprint density at radius 1 is 1.42 bits per heavy atom. The Morgan fingerprint density at radius 3 is 3.00 bits per heavy atom. The second-order valence-electron chi connectivity index (χ2n) is 5.41. The zero-order valence-corrected chi connectivity index (χ0v) is 14.3. The fraction of sp³-hybridized carbons (Fsp3) is 0.412. The van der Waals surface area contributed by atoms with Crippen molar-refractivity contribution in [3.63, 3.8) is 0 Å². The normalized spacial score (nSPS) is 16.8. The first-order valence-corrected chi connectivity index (χ1v) is 8.74. The maximum absolute atomic E-state index is 12.1. The van der Waals surface area contributed by atoms with Crippen molar-refractivity contribution in [1.29, 1.82) is 0 Å². The summed E-state index contributed by atoms with van der Waals surface area (Å²) in [6.07, 6.45) is 2.18. The van der Waals surface area contributed by atoms with Crippen molar-refractivity contribution in [2.45, 2.75) is 25.6 Å². The molecule has 24 heavy (non-hydrogen) atoms.